The summed E-state index contributed by atoms with van der Waals surface area (Å²) < 4.78 is 45.5. The number of alkyl halides is 3. The Bertz CT molecular complexity index is 920. The summed E-state index contributed by atoms with van der Waals surface area (Å²) in [4.78, 5) is 4.31. The number of ether oxygens (including phenoxy) is 1. The van der Waals surface area contributed by atoms with Crippen LogP contribution in [0.4, 0.5) is 24.7 Å². The lowest BCUT2D eigenvalue weighted by Crippen LogP contribution is -2.10. The van der Waals surface area contributed by atoms with Crippen molar-refractivity contribution in [3.05, 3.63) is 47.4 Å². The van der Waals surface area contributed by atoms with Crippen molar-refractivity contribution in [1.29, 1.82) is 0 Å². The lowest BCUT2D eigenvalue weighted by Gasteiger charge is -2.12. The van der Waals surface area contributed by atoms with E-state index in [-0.39, 0.29) is 12.2 Å². The minimum absolute atomic E-state index is 0.0556. The molecule has 2 aromatic heterocycles. The van der Waals surface area contributed by atoms with E-state index >= 15 is 0 Å². The van der Waals surface area contributed by atoms with Gasteiger partial charge in [-0.2, -0.15) is 18.3 Å². The number of nitrogens with one attached hydrogen (secondary N) is 1. The van der Waals surface area contributed by atoms with E-state index in [1.807, 2.05) is 0 Å². The third-order valence-corrected chi connectivity index (χ3v) is 3.58. The third-order valence-electron chi connectivity index (χ3n) is 3.58. The van der Waals surface area contributed by atoms with Crippen molar-refractivity contribution in [3.63, 3.8) is 0 Å². The summed E-state index contributed by atoms with van der Waals surface area (Å²) in [5.74, 6) is 1.61. The van der Waals surface area contributed by atoms with Gasteiger partial charge in [-0.3, -0.25) is 0 Å². The van der Waals surface area contributed by atoms with Crippen LogP contribution >= 0.6 is 0 Å². The highest BCUT2D eigenvalue weighted by molar-refractivity contribution is 5.69. The Morgan fingerprint density at radius 1 is 1.24 bits per heavy atom. The number of halogens is 3. The molecule has 9 heteroatoms. The fourth-order valence-corrected chi connectivity index (χ4v) is 2.50. The molecule has 2 heterocycles. The Morgan fingerprint density at radius 3 is 2.68 bits per heavy atom. The molecule has 0 aliphatic rings. The SMILES string of the molecule is COc1cc2c(NCc3cc(N)cc(C(F)(F)F)c3)nc(C)nn2c1. The van der Waals surface area contributed by atoms with Crippen molar-refractivity contribution in [2.75, 3.05) is 18.2 Å². The van der Waals surface area contributed by atoms with Crippen molar-refractivity contribution < 1.29 is 17.9 Å². The van der Waals surface area contributed by atoms with Crippen LogP contribution in [0.2, 0.25) is 0 Å². The van der Waals surface area contributed by atoms with E-state index in [0.717, 1.165) is 12.1 Å². The summed E-state index contributed by atoms with van der Waals surface area (Å²) in [7, 11) is 1.54. The molecule has 0 fully saturated rings. The van der Waals surface area contributed by atoms with E-state index < -0.39 is 11.7 Å². The molecule has 0 aliphatic carbocycles. The predicted octanol–water partition coefficient (Wildman–Crippen LogP) is 3.26. The van der Waals surface area contributed by atoms with Gasteiger partial charge in [0.15, 0.2) is 5.82 Å². The Hall–Kier alpha value is -2.97. The topological polar surface area (TPSA) is 77.5 Å². The Kier molecular flexibility index (Phi) is 4.15. The molecule has 3 rings (SSSR count). The van der Waals surface area contributed by atoms with Gasteiger partial charge in [-0.05, 0) is 30.7 Å². The van der Waals surface area contributed by atoms with Gasteiger partial charge in [0.25, 0.3) is 0 Å². The van der Waals surface area contributed by atoms with E-state index in [2.05, 4.69) is 15.4 Å². The summed E-state index contributed by atoms with van der Waals surface area (Å²) in [6, 6.07) is 5.20. The number of benzene rings is 1. The molecule has 0 bridgehead atoms. The molecule has 132 valence electrons. The first kappa shape index (κ1) is 16.9. The molecule has 3 aromatic rings. The maximum atomic E-state index is 12.9. The Balaban J connectivity index is 1.90. The number of hydrogen-bond acceptors (Lipinski definition) is 5. The zero-order chi connectivity index (χ0) is 18.2. The number of aryl methyl sites for hydroxylation is 1. The van der Waals surface area contributed by atoms with E-state index in [4.69, 9.17) is 10.5 Å². The molecule has 6 nitrogen and oxygen atoms in total. The normalized spacial score (nSPS) is 11.7. The van der Waals surface area contributed by atoms with Gasteiger partial charge in [0.1, 0.15) is 17.1 Å². The van der Waals surface area contributed by atoms with Crippen LogP contribution in [0.15, 0.2) is 30.5 Å². The average molecular weight is 351 g/mol. The quantitative estimate of drug-likeness (QED) is 0.706. The number of nitrogens with two attached hydrogens (primary N) is 1. The van der Waals surface area contributed by atoms with E-state index in [0.29, 0.717) is 28.5 Å². The number of aromatic nitrogens is 3. The monoisotopic (exact) mass is 351 g/mol. The number of anilines is 2. The summed E-state index contributed by atoms with van der Waals surface area (Å²) in [5, 5.41) is 7.27. The average Bonchev–Trinajstić information content (AvgIpc) is 2.94. The summed E-state index contributed by atoms with van der Waals surface area (Å²) in [5.41, 5.74) is 5.92. The van der Waals surface area contributed by atoms with Gasteiger partial charge in [-0.25, -0.2) is 9.50 Å². The molecule has 1 aromatic carbocycles. The van der Waals surface area contributed by atoms with E-state index in [1.165, 1.54) is 13.2 Å². The van der Waals surface area contributed by atoms with Crippen molar-refractivity contribution >= 4 is 17.0 Å². The molecule has 0 atom stereocenters. The molecule has 0 spiro atoms. The minimum Gasteiger partial charge on any atom is -0.495 e. The van der Waals surface area contributed by atoms with Crippen molar-refractivity contribution in [2.24, 2.45) is 0 Å². The number of nitrogens with zero attached hydrogens (tertiary/aromatic N) is 3. The largest absolute Gasteiger partial charge is 0.495 e. The Labute approximate surface area is 141 Å². The van der Waals surface area contributed by atoms with E-state index in [9.17, 15) is 13.2 Å². The molecule has 0 saturated carbocycles. The zero-order valence-electron chi connectivity index (χ0n) is 13.6. The maximum absolute atomic E-state index is 12.9. The van der Waals surface area contributed by atoms with Crippen molar-refractivity contribution in [2.45, 2.75) is 19.6 Å². The molecule has 3 N–H and O–H groups in total. The molecule has 0 aliphatic heterocycles. The van der Waals surface area contributed by atoms with Crippen LogP contribution in [0.25, 0.3) is 5.52 Å². The van der Waals surface area contributed by atoms with Gasteiger partial charge in [-0.1, -0.05) is 0 Å². The van der Waals surface area contributed by atoms with Crippen molar-refractivity contribution in [1.82, 2.24) is 14.6 Å². The predicted molar refractivity (Wildman–Crippen MR) is 87.5 cm³/mol. The standard InChI is InChI=1S/C16H16F3N5O/c1-9-22-15(14-6-13(25-2)8-24(14)23-9)21-7-10-3-11(16(17,18)19)5-12(20)4-10/h3-6,8H,7,20H2,1-2H3,(H,21,22,23). The van der Waals surface area contributed by atoms with E-state index in [1.54, 1.807) is 23.7 Å². The fraction of sp³-hybridized carbons (Fsp3) is 0.250. The molecule has 0 amide bonds. The zero-order valence-corrected chi connectivity index (χ0v) is 13.6. The van der Waals surface area contributed by atoms with Gasteiger partial charge >= 0.3 is 6.18 Å². The van der Waals surface area contributed by atoms with Crippen LogP contribution < -0.4 is 15.8 Å². The molecular weight excluding hydrogens is 335 g/mol. The van der Waals surface area contributed by atoms with Gasteiger partial charge < -0.3 is 15.8 Å². The highest BCUT2D eigenvalue weighted by Crippen LogP contribution is 2.31. The number of methoxy groups -OCH3 is 1. The van der Waals surface area contributed by atoms with Crippen LogP contribution in [0.3, 0.4) is 0 Å². The number of nitrogen functional groups attached to an aromatic ring is 1. The summed E-state index contributed by atoms with van der Waals surface area (Å²) in [6.45, 7) is 1.85. The first-order valence-electron chi connectivity index (χ1n) is 7.38. The van der Waals surface area contributed by atoms with Gasteiger partial charge in [-0.15, -0.1) is 0 Å². The number of fused-ring (bicyclic) bond motifs is 1. The highest BCUT2D eigenvalue weighted by atomic mass is 19.4. The lowest BCUT2D eigenvalue weighted by atomic mass is 10.1. The minimum atomic E-state index is -4.45. The summed E-state index contributed by atoms with van der Waals surface area (Å²) in [6.07, 6.45) is -2.75. The number of rotatable bonds is 4. The van der Waals surface area contributed by atoms with Gasteiger partial charge in [0, 0.05) is 18.3 Å². The van der Waals surface area contributed by atoms with Crippen LogP contribution in [-0.2, 0) is 12.7 Å². The van der Waals surface area contributed by atoms with Gasteiger partial charge in [0.05, 0.1) is 18.9 Å². The van der Waals surface area contributed by atoms with Crippen LogP contribution in [0.5, 0.6) is 5.75 Å². The lowest BCUT2D eigenvalue weighted by molar-refractivity contribution is -0.137. The van der Waals surface area contributed by atoms with Crippen LogP contribution in [0, 0.1) is 6.92 Å². The van der Waals surface area contributed by atoms with Crippen molar-refractivity contribution in [3.8, 4) is 5.75 Å². The molecule has 0 radical (unpaired) electrons. The maximum Gasteiger partial charge on any atom is 0.416 e. The molecule has 25 heavy (non-hydrogen) atoms. The van der Waals surface area contributed by atoms with Gasteiger partial charge in [0.2, 0.25) is 0 Å². The Morgan fingerprint density at radius 2 is 2.00 bits per heavy atom. The third kappa shape index (κ3) is 3.59. The second-order valence-electron chi connectivity index (χ2n) is 5.53. The first-order valence-corrected chi connectivity index (χ1v) is 7.38. The fourth-order valence-electron chi connectivity index (χ4n) is 2.50. The molecule has 0 unspecified atom stereocenters. The second kappa shape index (κ2) is 6.15. The molecule has 0 saturated heterocycles. The van der Waals surface area contributed by atoms with Crippen LogP contribution in [0.1, 0.15) is 17.0 Å². The highest BCUT2D eigenvalue weighted by Gasteiger charge is 2.31. The van der Waals surface area contributed by atoms with Crippen LogP contribution in [-0.4, -0.2) is 21.7 Å². The second-order valence-corrected chi connectivity index (χ2v) is 5.53. The molecular formula is C16H16F3N5O. The smallest absolute Gasteiger partial charge is 0.416 e. The first-order chi connectivity index (χ1) is 11.8. The summed E-state index contributed by atoms with van der Waals surface area (Å²) >= 11 is 0. The number of hydrogen-bond donors (Lipinski definition) is 2.